The minimum atomic E-state index is -0.952. The van der Waals surface area contributed by atoms with E-state index in [4.69, 9.17) is 0 Å². The van der Waals surface area contributed by atoms with Gasteiger partial charge in [-0.2, -0.15) is 5.10 Å². The largest absolute Gasteiger partial charge is 0.337 e. The summed E-state index contributed by atoms with van der Waals surface area (Å²) in [5.41, 5.74) is 2.77. The fraction of sp³-hybridized carbons (Fsp3) is 0.200. The summed E-state index contributed by atoms with van der Waals surface area (Å²) in [6.45, 7) is 0.562. The number of alkyl halides is 1. The molecule has 1 aliphatic rings. The molecule has 5 rings (SSSR count). The first kappa shape index (κ1) is 16.6. The van der Waals surface area contributed by atoms with Crippen molar-refractivity contribution in [2.24, 2.45) is 0 Å². The van der Waals surface area contributed by atoms with Crippen LogP contribution in [-0.4, -0.2) is 50.2 Å². The van der Waals surface area contributed by atoms with Gasteiger partial charge in [0.25, 0.3) is 5.91 Å². The number of amides is 1. The molecular formula is C20H17FN6O. The monoisotopic (exact) mass is 376 g/mol. The lowest BCUT2D eigenvalue weighted by Gasteiger charge is -2.16. The Kier molecular flexibility index (Phi) is 3.89. The molecular weight excluding hydrogens is 359 g/mol. The molecule has 1 atom stereocenters. The number of pyridine rings is 2. The zero-order chi connectivity index (χ0) is 19.1. The average molecular weight is 376 g/mol. The van der Waals surface area contributed by atoms with Crippen molar-refractivity contribution in [3.8, 4) is 0 Å². The van der Waals surface area contributed by atoms with E-state index in [2.05, 4.69) is 25.5 Å². The van der Waals surface area contributed by atoms with Crippen molar-refractivity contribution in [3.05, 3.63) is 54.5 Å². The molecule has 1 fully saturated rings. The molecule has 1 aromatic carbocycles. The molecule has 0 aliphatic carbocycles. The molecule has 0 spiro atoms. The molecule has 1 aliphatic heterocycles. The molecule has 1 saturated heterocycles. The van der Waals surface area contributed by atoms with Crippen molar-refractivity contribution in [2.75, 3.05) is 18.4 Å². The van der Waals surface area contributed by atoms with E-state index in [1.165, 1.54) is 4.90 Å². The minimum absolute atomic E-state index is 0.135. The maximum atomic E-state index is 13.5. The van der Waals surface area contributed by atoms with E-state index in [1.807, 2.05) is 36.4 Å². The van der Waals surface area contributed by atoms with Gasteiger partial charge in [0.05, 0.1) is 12.1 Å². The molecule has 3 aromatic heterocycles. The molecule has 4 heterocycles. The Morgan fingerprint density at radius 2 is 2.14 bits per heavy atom. The van der Waals surface area contributed by atoms with E-state index in [-0.39, 0.29) is 12.5 Å². The normalized spacial score (nSPS) is 16.8. The standard InChI is InChI=1S/C20H17FN6O/c21-13-6-9-27(11-13)20(28)17-15-4-3-14(10-12(15)5-8-23-17)24-19-18-16(25-26-19)2-1-7-22-18/h1-5,7-8,10,13H,6,9,11H2,(H2,24,25,26)/t13-/m0/s1. The number of nitrogens with one attached hydrogen (secondary N) is 2. The van der Waals surface area contributed by atoms with Gasteiger partial charge in [0.15, 0.2) is 5.82 Å². The van der Waals surface area contributed by atoms with Crippen molar-refractivity contribution < 1.29 is 9.18 Å². The molecule has 1 amide bonds. The van der Waals surface area contributed by atoms with Crippen LogP contribution in [0, 0.1) is 0 Å². The highest BCUT2D eigenvalue weighted by Gasteiger charge is 2.28. The number of hydrogen-bond acceptors (Lipinski definition) is 5. The molecule has 7 nitrogen and oxygen atoms in total. The summed E-state index contributed by atoms with van der Waals surface area (Å²) in [4.78, 5) is 22.9. The van der Waals surface area contributed by atoms with Gasteiger partial charge in [-0.1, -0.05) is 0 Å². The molecule has 0 saturated carbocycles. The number of aromatic nitrogens is 4. The quantitative estimate of drug-likeness (QED) is 0.572. The third kappa shape index (κ3) is 2.83. The van der Waals surface area contributed by atoms with Crippen LogP contribution in [0.3, 0.4) is 0 Å². The Morgan fingerprint density at radius 3 is 3.00 bits per heavy atom. The molecule has 140 valence electrons. The second-order valence-electron chi connectivity index (χ2n) is 6.83. The molecule has 0 bridgehead atoms. The van der Waals surface area contributed by atoms with Crippen LogP contribution in [0.25, 0.3) is 21.8 Å². The highest BCUT2D eigenvalue weighted by molar-refractivity contribution is 6.06. The van der Waals surface area contributed by atoms with Gasteiger partial charge >= 0.3 is 0 Å². The van der Waals surface area contributed by atoms with Crippen molar-refractivity contribution in [1.29, 1.82) is 0 Å². The maximum absolute atomic E-state index is 13.5. The van der Waals surface area contributed by atoms with Gasteiger partial charge in [0, 0.05) is 30.0 Å². The number of rotatable bonds is 3. The van der Waals surface area contributed by atoms with Crippen LogP contribution in [0.4, 0.5) is 15.9 Å². The number of carbonyl (C=O) groups excluding carboxylic acids is 1. The lowest BCUT2D eigenvalue weighted by molar-refractivity contribution is 0.0779. The van der Waals surface area contributed by atoms with E-state index >= 15 is 0 Å². The topological polar surface area (TPSA) is 86.8 Å². The Morgan fingerprint density at radius 1 is 1.21 bits per heavy atom. The number of nitrogens with zero attached hydrogens (tertiary/aromatic N) is 4. The Bertz CT molecular complexity index is 1190. The molecule has 4 aromatic rings. The highest BCUT2D eigenvalue weighted by atomic mass is 19.1. The van der Waals surface area contributed by atoms with Gasteiger partial charge < -0.3 is 10.2 Å². The van der Waals surface area contributed by atoms with Crippen LogP contribution in [0.5, 0.6) is 0 Å². The summed E-state index contributed by atoms with van der Waals surface area (Å²) in [6.07, 6.45) is 2.75. The van der Waals surface area contributed by atoms with Gasteiger partial charge in [-0.3, -0.25) is 19.9 Å². The maximum Gasteiger partial charge on any atom is 0.273 e. The average Bonchev–Trinajstić information content (AvgIpc) is 3.33. The number of likely N-dealkylation sites (tertiary alicyclic amines) is 1. The lowest BCUT2D eigenvalue weighted by Crippen LogP contribution is -2.29. The predicted octanol–water partition coefficient (Wildman–Crippen LogP) is 3.43. The minimum Gasteiger partial charge on any atom is -0.337 e. The van der Waals surface area contributed by atoms with E-state index in [1.54, 1.807) is 12.4 Å². The van der Waals surface area contributed by atoms with Crippen LogP contribution in [0.2, 0.25) is 0 Å². The fourth-order valence-electron chi connectivity index (χ4n) is 3.56. The van der Waals surface area contributed by atoms with Crippen LogP contribution < -0.4 is 5.32 Å². The van der Waals surface area contributed by atoms with Crippen molar-refractivity contribution >= 4 is 39.2 Å². The summed E-state index contributed by atoms with van der Waals surface area (Å²) in [6, 6.07) is 11.2. The molecule has 2 N–H and O–H groups in total. The predicted molar refractivity (Wildman–Crippen MR) is 104 cm³/mol. The van der Waals surface area contributed by atoms with Crippen LogP contribution in [-0.2, 0) is 0 Å². The first-order valence-corrected chi connectivity index (χ1v) is 9.07. The third-order valence-corrected chi connectivity index (χ3v) is 4.97. The summed E-state index contributed by atoms with van der Waals surface area (Å²) < 4.78 is 13.5. The zero-order valence-electron chi connectivity index (χ0n) is 14.9. The summed E-state index contributed by atoms with van der Waals surface area (Å²) >= 11 is 0. The first-order valence-electron chi connectivity index (χ1n) is 9.07. The van der Waals surface area contributed by atoms with E-state index in [0.717, 1.165) is 27.5 Å². The number of anilines is 2. The third-order valence-electron chi connectivity index (χ3n) is 4.97. The number of benzene rings is 1. The second kappa shape index (κ2) is 6.56. The van der Waals surface area contributed by atoms with E-state index in [0.29, 0.717) is 24.5 Å². The van der Waals surface area contributed by atoms with Gasteiger partial charge in [0.2, 0.25) is 0 Å². The summed E-state index contributed by atoms with van der Waals surface area (Å²) in [5, 5.41) is 12.1. The number of halogens is 1. The number of hydrogen-bond donors (Lipinski definition) is 2. The smallest absolute Gasteiger partial charge is 0.273 e. The summed E-state index contributed by atoms with van der Waals surface area (Å²) in [7, 11) is 0. The van der Waals surface area contributed by atoms with Crippen molar-refractivity contribution in [2.45, 2.75) is 12.6 Å². The van der Waals surface area contributed by atoms with Crippen LogP contribution in [0.1, 0.15) is 16.9 Å². The fourth-order valence-corrected chi connectivity index (χ4v) is 3.56. The van der Waals surface area contributed by atoms with Crippen LogP contribution in [0.15, 0.2) is 48.8 Å². The molecule has 8 heteroatoms. The molecule has 28 heavy (non-hydrogen) atoms. The van der Waals surface area contributed by atoms with E-state index < -0.39 is 6.17 Å². The number of carbonyl (C=O) groups is 1. The Balaban J connectivity index is 1.48. The van der Waals surface area contributed by atoms with Gasteiger partial charge in [-0.05, 0) is 48.2 Å². The van der Waals surface area contributed by atoms with Crippen molar-refractivity contribution in [1.82, 2.24) is 25.1 Å². The highest BCUT2D eigenvalue weighted by Crippen LogP contribution is 2.27. The number of fused-ring (bicyclic) bond motifs is 2. The van der Waals surface area contributed by atoms with Gasteiger partial charge in [-0.25, -0.2) is 4.39 Å². The van der Waals surface area contributed by atoms with Crippen LogP contribution >= 0.6 is 0 Å². The number of H-pyrrole nitrogens is 1. The number of aromatic amines is 1. The zero-order valence-corrected chi connectivity index (χ0v) is 14.9. The SMILES string of the molecule is O=C(c1nccc2cc(Nc3n[nH]c4cccnc34)ccc12)N1CC[C@H](F)C1. The molecule has 0 radical (unpaired) electrons. The Labute approximate surface area is 159 Å². The molecule has 0 unspecified atom stereocenters. The lowest BCUT2D eigenvalue weighted by atomic mass is 10.1. The first-order chi connectivity index (χ1) is 13.7. The van der Waals surface area contributed by atoms with Gasteiger partial charge in [0.1, 0.15) is 17.4 Å². The second-order valence-corrected chi connectivity index (χ2v) is 6.83. The van der Waals surface area contributed by atoms with E-state index in [9.17, 15) is 9.18 Å². The summed E-state index contributed by atoms with van der Waals surface area (Å²) in [5.74, 6) is 0.403. The van der Waals surface area contributed by atoms with Gasteiger partial charge in [-0.15, -0.1) is 0 Å². The Hall–Kier alpha value is -3.55. The van der Waals surface area contributed by atoms with Crippen molar-refractivity contribution in [3.63, 3.8) is 0 Å².